The van der Waals surface area contributed by atoms with E-state index in [4.69, 9.17) is 0 Å². The lowest BCUT2D eigenvalue weighted by Gasteiger charge is -1.99. The summed E-state index contributed by atoms with van der Waals surface area (Å²) >= 11 is 0. The first-order chi connectivity index (χ1) is 6.02. The van der Waals surface area contributed by atoms with Gasteiger partial charge in [0.25, 0.3) is 5.69 Å². The third-order valence-electron chi connectivity index (χ3n) is 1.73. The van der Waals surface area contributed by atoms with Crippen molar-refractivity contribution >= 4 is 11.5 Å². The Kier molecular flexibility index (Phi) is 2.41. The summed E-state index contributed by atoms with van der Waals surface area (Å²) in [6.45, 7) is 3.11. The number of rotatable bonds is 2. The SMILES string of the molecule is CC(=O)c1cc(C)ccc1[N+](=O)[O-]. The Morgan fingerprint density at radius 3 is 2.54 bits per heavy atom. The van der Waals surface area contributed by atoms with E-state index in [1.54, 1.807) is 13.0 Å². The summed E-state index contributed by atoms with van der Waals surface area (Å²) in [5.74, 6) is -0.282. The molecule has 0 fully saturated rings. The molecule has 4 nitrogen and oxygen atoms in total. The standard InChI is InChI=1S/C9H9NO3/c1-6-3-4-9(10(12)13)8(5-6)7(2)11/h3-5H,1-2H3. The van der Waals surface area contributed by atoms with Gasteiger partial charge < -0.3 is 0 Å². The quantitative estimate of drug-likeness (QED) is 0.397. The molecule has 0 spiro atoms. The molecule has 0 aliphatic carbocycles. The fraction of sp³-hybridized carbons (Fsp3) is 0.222. The maximum atomic E-state index is 11.0. The van der Waals surface area contributed by atoms with Gasteiger partial charge in [-0.15, -0.1) is 0 Å². The number of Topliss-reactive ketones (excluding diaryl/α,β-unsaturated/α-hetero) is 1. The Labute approximate surface area is 75.3 Å². The van der Waals surface area contributed by atoms with Gasteiger partial charge >= 0.3 is 0 Å². The molecule has 0 aromatic heterocycles. The normalized spacial score (nSPS) is 9.69. The number of nitro groups is 1. The fourth-order valence-electron chi connectivity index (χ4n) is 1.09. The van der Waals surface area contributed by atoms with Gasteiger partial charge in [-0.1, -0.05) is 6.07 Å². The Bertz CT molecular complexity index is 371. The molecule has 1 rings (SSSR count). The highest BCUT2D eigenvalue weighted by atomic mass is 16.6. The predicted octanol–water partition coefficient (Wildman–Crippen LogP) is 2.11. The molecule has 68 valence electrons. The minimum atomic E-state index is -0.545. The lowest BCUT2D eigenvalue weighted by molar-refractivity contribution is -0.385. The van der Waals surface area contributed by atoms with E-state index in [1.807, 2.05) is 0 Å². The first kappa shape index (κ1) is 9.38. The Hall–Kier alpha value is -1.71. The number of benzene rings is 1. The van der Waals surface area contributed by atoms with E-state index in [2.05, 4.69) is 0 Å². The van der Waals surface area contributed by atoms with E-state index >= 15 is 0 Å². The minimum Gasteiger partial charge on any atom is -0.294 e. The molecular formula is C9H9NO3. The maximum Gasteiger partial charge on any atom is 0.280 e. The number of carbonyl (C=O) groups excluding carboxylic acids is 1. The van der Waals surface area contributed by atoms with E-state index in [0.717, 1.165) is 5.56 Å². The highest BCUT2D eigenvalue weighted by Gasteiger charge is 2.16. The van der Waals surface area contributed by atoms with Crippen LogP contribution in [-0.4, -0.2) is 10.7 Å². The van der Waals surface area contributed by atoms with Crippen LogP contribution in [0.5, 0.6) is 0 Å². The van der Waals surface area contributed by atoms with Crippen molar-refractivity contribution in [3.05, 3.63) is 39.4 Å². The van der Waals surface area contributed by atoms with Crippen molar-refractivity contribution in [1.82, 2.24) is 0 Å². The molecule has 0 unspecified atom stereocenters. The molecule has 0 radical (unpaired) electrons. The lowest BCUT2D eigenvalue weighted by Crippen LogP contribution is -2.00. The fourth-order valence-corrected chi connectivity index (χ4v) is 1.09. The molecule has 0 N–H and O–H groups in total. The van der Waals surface area contributed by atoms with Crippen molar-refractivity contribution in [2.45, 2.75) is 13.8 Å². The zero-order valence-corrected chi connectivity index (χ0v) is 7.40. The largest absolute Gasteiger partial charge is 0.294 e. The second-order valence-electron chi connectivity index (χ2n) is 2.83. The van der Waals surface area contributed by atoms with Crippen molar-refractivity contribution in [3.63, 3.8) is 0 Å². The summed E-state index contributed by atoms with van der Waals surface area (Å²) < 4.78 is 0. The van der Waals surface area contributed by atoms with E-state index in [9.17, 15) is 14.9 Å². The van der Waals surface area contributed by atoms with Crippen LogP contribution in [0.25, 0.3) is 0 Å². The number of nitro benzene ring substituents is 1. The van der Waals surface area contributed by atoms with Crippen LogP contribution in [-0.2, 0) is 0 Å². The van der Waals surface area contributed by atoms with Crippen LogP contribution in [0.1, 0.15) is 22.8 Å². The van der Waals surface area contributed by atoms with Gasteiger partial charge in [0.1, 0.15) is 0 Å². The van der Waals surface area contributed by atoms with Crippen molar-refractivity contribution in [2.75, 3.05) is 0 Å². The molecule has 1 aromatic carbocycles. The molecular weight excluding hydrogens is 170 g/mol. The van der Waals surface area contributed by atoms with Crippen molar-refractivity contribution in [2.24, 2.45) is 0 Å². The first-order valence-electron chi connectivity index (χ1n) is 3.78. The van der Waals surface area contributed by atoms with Crippen LogP contribution in [0, 0.1) is 17.0 Å². The van der Waals surface area contributed by atoms with Crippen LogP contribution < -0.4 is 0 Å². The third-order valence-corrected chi connectivity index (χ3v) is 1.73. The van der Waals surface area contributed by atoms with E-state index in [1.165, 1.54) is 19.1 Å². The zero-order valence-electron chi connectivity index (χ0n) is 7.40. The average molecular weight is 179 g/mol. The smallest absolute Gasteiger partial charge is 0.280 e. The van der Waals surface area contributed by atoms with Crippen molar-refractivity contribution in [1.29, 1.82) is 0 Å². The van der Waals surface area contributed by atoms with Crippen LogP contribution in [0.4, 0.5) is 5.69 Å². The summed E-state index contributed by atoms with van der Waals surface area (Å²) in [5.41, 5.74) is 0.888. The lowest BCUT2D eigenvalue weighted by atomic mass is 10.1. The molecule has 0 saturated heterocycles. The Morgan fingerprint density at radius 2 is 2.08 bits per heavy atom. The van der Waals surface area contributed by atoms with Gasteiger partial charge in [0.15, 0.2) is 5.78 Å². The topological polar surface area (TPSA) is 60.2 Å². The molecule has 0 bridgehead atoms. The molecule has 4 heteroatoms. The average Bonchev–Trinajstić information content (AvgIpc) is 2.03. The molecule has 13 heavy (non-hydrogen) atoms. The zero-order chi connectivity index (χ0) is 10.0. The van der Waals surface area contributed by atoms with E-state index in [0.29, 0.717) is 0 Å². The number of hydrogen-bond donors (Lipinski definition) is 0. The number of nitrogens with zero attached hydrogens (tertiary/aromatic N) is 1. The molecule has 0 amide bonds. The molecule has 0 aliphatic rings. The van der Waals surface area contributed by atoms with Crippen LogP contribution in [0.15, 0.2) is 18.2 Å². The number of carbonyl (C=O) groups is 1. The highest BCUT2D eigenvalue weighted by Crippen LogP contribution is 2.19. The molecule has 0 saturated carbocycles. The van der Waals surface area contributed by atoms with Crippen molar-refractivity contribution < 1.29 is 9.72 Å². The van der Waals surface area contributed by atoms with E-state index < -0.39 is 4.92 Å². The summed E-state index contributed by atoms with van der Waals surface area (Å²) in [6.07, 6.45) is 0. The molecule has 1 aromatic rings. The predicted molar refractivity (Wildman–Crippen MR) is 47.8 cm³/mol. The third kappa shape index (κ3) is 1.90. The number of hydrogen-bond acceptors (Lipinski definition) is 3. The molecule has 0 atom stereocenters. The molecule has 0 aliphatic heterocycles. The van der Waals surface area contributed by atoms with Gasteiger partial charge in [0, 0.05) is 6.07 Å². The summed E-state index contributed by atoms with van der Waals surface area (Å²) in [7, 11) is 0. The molecule has 0 heterocycles. The number of aryl methyl sites for hydroxylation is 1. The van der Waals surface area contributed by atoms with E-state index in [-0.39, 0.29) is 17.0 Å². The Morgan fingerprint density at radius 1 is 1.46 bits per heavy atom. The summed E-state index contributed by atoms with van der Waals surface area (Å²) in [6, 6.07) is 4.50. The van der Waals surface area contributed by atoms with Gasteiger partial charge in [-0.05, 0) is 25.5 Å². The van der Waals surface area contributed by atoms with Crippen LogP contribution in [0.2, 0.25) is 0 Å². The second kappa shape index (κ2) is 3.35. The van der Waals surface area contributed by atoms with Crippen molar-refractivity contribution in [3.8, 4) is 0 Å². The number of ketones is 1. The maximum absolute atomic E-state index is 11.0. The highest BCUT2D eigenvalue weighted by molar-refractivity contribution is 5.98. The van der Waals surface area contributed by atoms with Gasteiger partial charge in [0.05, 0.1) is 10.5 Å². The van der Waals surface area contributed by atoms with Gasteiger partial charge in [0.2, 0.25) is 0 Å². The van der Waals surface area contributed by atoms with Gasteiger partial charge in [-0.2, -0.15) is 0 Å². The second-order valence-corrected chi connectivity index (χ2v) is 2.83. The van der Waals surface area contributed by atoms with Crippen LogP contribution in [0.3, 0.4) is 0 Å². The summed E-state index contributed by atoms with van der Waals surface area (Å²) in [5, 5.41) is 10.5. The Balaban J connectivity index is 3.35. The monoisotopic (exact) mass is 179 g/mol. The van der Waals surface area contributed by atoms with Crippen LogP contribution >= 0.6 is 0 Å². The first-order valence-corrected chi connectivity index (χ1v) is 3.78. The minimum absolute atomic E-state index is 0.127. The van der Waals surface area contributed by atoms with Gasteiger partial charge in [-0.3, -0.25) is 14.9 Å². The summed E-state index contributed by atoms with van der Waals surface area (Å²) in [4.78, 5) is 21.0. The van der Waals surface area contributed by atoms with Gasteiger partial charge in [-0.25, -0.2) is 0 Å².